The van der Waals surface area contributed by atoms with Crippen LogP contribution in [0.4, 0.5) is 5.69 Å². The fourth-order valence-corrected chi connectivity index (χ4v) is 3.86. The number of morpholine rings is 2. The number of anilines is 1. The van der Waals surface area contributed by atoms with E-state index in [9.17, 15) is 0 Å². The van der Waals surface area contributed by atoms with Crippen LogP contribution in [0.5, 0.6) is 0 Å². The molecule has 0 aromatic heterocycles. The number of ether oxygens (including phenoxy) is 3. The third-order valence-corrected chi connectivity index (χ3v) is 5.21. The average molecular weight is 389 g/mol. The first-order chi connectivity index (χ1) is 13.8. The van der Waals surface area contributed by atoms with Crippen LogP contribution >= 0.6 is 0 Å². The Bertz CT molecular complexity index is 605. The van der Waals surface area contributed by atoms with Crippen LogP contribution in [0.15, 0.2) is 24.3 Å². The summed E-state index contributed by atoms with van der Waals surface area (Å²) in [5.74, 6) is 0. The van der Waals surface area contributed by atoms with Gasteiger partial charge in [0.2, 0.25) is 0 Å². The molecule has 0 saturated carbocycles. The largest absolute Gasteiger partial charge is 0.385 e. The predicted molar refractivity (Wildman–Crippen MR) is 108 cm³/mol. The van der Waals surface area contributed by atoms with Crippen LogP contribution in [0.2, 0.25) is 0 Å². The highest BCUT2D eigenvalue weighted by atomic mass is 16.5. The maximum absolute atomic E-state index is 8.84. The molecule has 1 N–H and O–H groups in total. The number of nitrogens with zero attached hydrogens (tertiary/aromatic N) is 3. The van der Waals surface area contributed by atoms with E-state index in [2.05, 4.69) is 21.2 Å². The first kappa shape index (κ1) is 21.0. The van der Waals surface area contributed by atoms with Gasteiger partial charge in [0.05, 0.1) is 43.7 Å². The highest BCUT2D eigenvalue weighted by molar-refractivity contribution is 5.47. The number of hydrogen-bond donors (Lipinski definition) is 1. The molecule has 2 saturated heterocycles. The monoisotopic (exact) mass is 388 g/mol. The molecule has 0 amide bonds. The number of rotatable bonds is 11. The van der Waals surface area contributed by atoms with E-state index in [0.29, 0.717) is 31.0 Å². The van der Waals surface area contributed by atoms with Crippen molar-refractivity contribution in [2.24, 2.45) is 0 Å². The third-order valence-electron chi connectivity index (χ3n) is 5.21. The second-order valence-electron chi connectivity index (χ2n) is 7.47. The number of benzene rings is 1. The molecule has 0 aliphatic carbocycles. The van der Waals surface area contributed by atoms with Crippen LogP contribution in [-0.2, 0) is 14.2 Å². The van der Waals surface area contributed by atoms with Gasteiger partial charge in [0, 0.05) is 58.6 Å². The van der Waals surface area contributed by atoms with Crippen molar-refractivity contribution in [3.63, 3.8) is 0 Å². The van der Waals surface area contributed by atoms with E-state index in [1.54, 1.807) is 7.11 Å². The Hall–Kier alpha value is -1.69. The smallest absolute Gasteiger partial charge is 0.0991 e. The van der Waals surface area contributed by atoms with Crippen molar-refractivity contribution < 1.29 is 14.2 Å². The van der Waals surface area contributed by atoms with E-state index in [-0.39, 0.29) is 0 Å². The third kappa shape index (κ3) is 6.73. The second kappa shape index (κ2) is 11.3. The van der Waals surface area contributed by atoms with Gasteiger partial charge in [-0.2, -0.15) is 5.26 Å². The molecule has 1 aromatic rings. The van der Waals surface area contributed by atoms with Crippen LogP contribution in [0, 0.1) is 11.3 Å². The fraction of sp³-hybridized carbons (Fsp3) is 0.667. The highest BCUT2D eigenvalue weighted by Gasteiger charge is 2.34. The number of nitrogens with one attached hydrogen (secondary N) is 1. The van der Waals surface area contributed by atoms with E-state index < -0.39 is 0 Å². The molecule has 154 valence electrons. The number of methoxy groups -OCH3 is 1. The van der Waals surface area contributed by atoms with Gasteiger partial charge in [-0.05, 0) is 30.7 Å². The maximum atomic E-state index is 8.84. The summed E-state index contributed by atoms with van der Waals surface area (Å²) in [6.07, 6.45) is 1.70. The lowest BCUT2D eigenvalue weighted by atomic mass is 10.1. The Morgan fingerprint density at radius 3 is 2.36 bits per heavy atom. The summed E-state index contributed by atoms with van der Waals surface area (Å²) in [4.78, 5) is 5.00. The minimum absolute atomic E-state index is 0.304. The molecule has 2 aliphatic heterocycles. The van der Waals surface area contributed by atoms with Crippen LogP contribution < -0.4 is 5.32 Å². The van der Waals surface area contributed by atoms with Crippen LogP contribution in [0.3, 0.4) is 0 Å². The molecule has 2 atom stereocenters. The summed E-state index contributed by atoms with van der Waals surface area (Å²) >= 11 is 0. The Kier molecular flexibility index (Phi) is 8.52. The Balaban J connectivity index is 1.30. The van der Waals surface area contributed by atoms with E-state index in [1.807, 2.05) is 24.3 Å². The zero-order valence-electron chi connectivity index (χ0n) is 16.8. The molecule has 2 aliphatic rings. The van der Waals surface area contributed by atoms with Crippen molar-refractivity contribution in [3.8, 4) is 6.07 Å². The summed E-state index contributed by atoms with van der Waals surface area (Å²) in [5, 5.41) is 12.3. The van der Waals surface area contributed by atoms with Gasteiger partial charge in [-0.3, -0.25) is 9.80 Å². The van der Waals surface area contributed by atoms with E-state index in [0.717, 1.165) is 64.5 Å². The zero-order chi connectivity index (χ0) is 19.6. The van der Waals surface area contributed by atoms with Gasteiger partial charge in [0.15, 0.2) is 0 Å². The molecule has 0 spiro atoms. The summed E-state index contributed by atoms with van der Waals surface area (Å²) in [6, 6.07) is 9.77. The Morgan fingerprint density at radius 2 is 1.71 bits per heavy atom. The number of fused-ring (bicyclic) bond motifs is 2. The van der Waals surface area contributed by atoms with Crippen molar-refractivity contribution in [2.45, 2.75) is 18.6 Å². The first-order valence-corrected chi connectivity index (χ1v) is 10.2. The number of hydrogen-bond acceptors (Lipinski definition) is 7. The van der Waals surface area contributed by atoms with Gasteiger partial charge in [-0.25, -0.2) is 0 Å². The van der Waals surface area contributed by atoms with E-state index in [4.69, 9.17) is 19.5 Å². The zero-order valence-corrected chi connectivity index (χ0v) is 16.8. The quantitative estimate of drug-likeness (QED) is 0.575. The molecule has 28 heavy (non-hydrogen) atoms. The van der Waals surface area contributed by atoms with E-state index in [1.165, 1.54) is 0 Å². The van der Waals surface area contributed by atoms with Gasteiger partial charge < -0.3 is 19.5 Å². The SMILES string of the molecule is COCCOCCN1CC2CN(CCCNc3ccc(C#N)cc3)CC(C1)O2. The molecule has 1 aromatic carbocycles. The minimum Gasteiger partial charge on any atom is -0.385 e. The van der Waals surface area contributed by atoms with Crippen molar-refractivity contribution >= 4 is 5.69 Å². The lowest BCUT2D eigenvalue weighted by molar-refractivity contribution is -0.140. The molecule has 2 unspecified atom stereocenters. The van der Waals surface area contributed by atoms with Crippen molar-refractivity contribution in [1.29, 1.82) is 5.26 Å². The summed E-state index contributed by atoms with van der Waals surface area (Å²) < 4.78 is 16.7. The molecule has 2 heterocycles. The Labute approximate surface area is 168 Å². The fourth-order valence-electron chi connectivity index (χ4n) is 3.86. The first-order valence-electron chi connectivity index (χ1n) is 10.2. The van der Waals surface area contributed by atoms with Crippen molar-refractivity contribution in [2.75, 3.05) is 78.1 Å². The molecule has 0 radical (unpaired) electrons. The molecule has 2 bridgehead atoms. The predicted octanol–water partition coefficient (Wildman–Crippen LogP) is 1.41. The highest BCUT2D eigenvalue weighted by Crippen LogP contribution is 2.19. The van der Waals surface area contributed by atoms with Crippen LogP contribution in [-0.4, -0.2) is 94.8 Å². The van der Waals surface area contributed by atoms with E-state index >= 15 is 0 Å². The molecule has 2 fully saturated rings. The topological polar surface area (TPSA) is 70.0 Å². The minimum atomic E-state index is 0.304. The van der Waals surface area contributed by atoms with Gasteiger partial charge in [0.25, 0.3) is 0 Å². The average Bonchev–Trinajstić information content (AvgIpc) is 2.71. The Morgan fingerprint density at radius 1 is 1.04 bits per heavy atom. The molecule has 7 nitrogen and oxygen atoms in total. The molecular weight excluding hydrogens is 356 g/mol. The summed E-state index contributed by atoms with van der Waals surface area (Å²) in [7, 11) is 1.70. The molecule has 3 rings (SSSR count). The van der Waals surface area contributed by atoms with Gasteiger partial charge >= 0.3 is 0 Å². The van der Waals surface area contributed by atoms with Crippen LogP contribution in [0.1, 0.15) is 12.0 Å². The van der Waals surface area contributed by atoms with Crippen molar-refractivity contribution in [3.05, 3.63) is 29.8 Å². The standard InChI is InChI=1S/C21H32N4O3/c1-26-11-12-27-10-9-25-16-20-14-24(15-21(17-25)28-20)8-2-7-23-19-5-3-18(13-22)4-6-19/h3-6,20-21,23H,2,7-12,14-17H2,1H3. The summed E-state index contributed by atoms with van der Waals surface area (Å²) in [5.41, 5.74) is 1.77. The molecule has 7 heteroatoms. The van der Waals surface area contributed by atoms with Crippen molar-refractivity contribution in [1.82, 2.24) is 9.80 Å². The van der Waals surface area contributed by atoms with Gasteiger partial charge in [-0.1, -0.05) is 0 Å². The summed E-state index contributed by atoms with van der Waals surface area (Å²) in [6.45, 7) is 9.06. The lowest BCUT2D eigenvalue weighted by Gasteiger charge is -2.45. The maximum Gasteiger partial charge on any atom is 0.0991 e. The normalized spacial score (nSPS) is 22.7. The lowest BCUT2D eigenvalue weighted by Crippen LogP contribution is -2.59. The van der Waals surface area contributed by atoms with Crippen LogP contribution in [0.25, 0.3) is 0 Å². The number of nitriles is 1. The van der Waals surface area contributed by atoms with Gasteiger partial charge in [0.1, 0.15) is 0 Å². The second-order valence-corrected chi connectivity index (χ2v) is 7.47. The molecular formula is C21H32N4O3. The van der Waals surface area contributed by atoms with Gasteiger partial charge in [-0.15, -0.1) is 0 Å².